The maximum absolute atomic E-state index is 5.88. The molecule has 0 aliphatic heterocycles. The number of benzene rings is 1. The van der Waals surface area contributed by atoms with Crippen LogP contribution in [0, 0.1) is 6.92 Å². The molecule has 1 aromatic carbocycles. The van der Waals surface area contributed by atoms with E-state index < -0.39 is 0 Å². The van der Waals surface area contributed by atoms with Crippen LogP contribution in [-0.2, 0) is 11.3 Å². The first-order chi connectivity index (χ1) is 9.99. The standard InChI is InChI=1S/C16H21N3O2/c1-10(2)12-6-5-11(3)13(7-12)21-16-8-14(17)18-15(19-16)9-20-4/h5-8,10H,9H2,1-4H3,(H2,17,18,19). The van der Waals surface area contributed by atoms with Crippen molar-refractivity contribution >= 4 is 5.82 Å². The zero-order chi connectivity index (χ0) is 15.4. The van der Waals surface area contributed by atoms with E-state index in [0.29, 0.717) is 30.0 Å². The number of nitrogen functional groups attached to an aromatic ring is 1. The lowest BCUT2D eigenvalue weighted by Gasteiger charge is -2.12. The summed E-state index contributed by atoms with van der Waals surface area (Å²) in [4.78, 5) is 8.39. The third kappa shape index (κ3) is 3.92. The summed E-state index contributed by atoms with van der Waals surface area (Å²) >= 11 is 0. The van der Waals surface area contributed by atoms with E-state index in [1.807, 2.05) is 19.1 Å². The molecule has 2 N–H and O–H groups in total. The van der Waals surface area contributed by atoms with Crippen molar-refractivity contribution in [1.82, 2.24) is 9.97 Å². The molecular weight excluding hydrogens is 266 g/mol. The number of aryl methyl sites for hydroxylation is 1. The van der Waals surface area contributed by atoms with Crippen molar-refractivity contribution in [1.29, 1.82) is 0 Å². The van der Waals surface area contributed by atoms with E-state index in [1.54, 1.807) is 13.2 Å². The Balaban J connectivity index is 2.31. The molecule has 0 atom stereocenters. The predicted octanol–water partition coefficient (Wildman–Crippen LogP) is 3.43. The zero-order valence-electron chi connectivity index (χ0n) is 12.9. The second kappa shape index (κ2) is 6.54. The van der Waals surface area contributed by atoms with Gasteiger partial charge in [-0.25, -0.2) is 4.98 Å². The Bertz CT molecular complexity index is 627. The quantitative estimate of drug-likeness (QED) is 0.912. The van der Waals surface area contributed by atoms with E-state index in [-0.39, 0.29) is 0 Å². The van der Waals surface area contributed by atoms with E-state index in [9.17, 15) is 0 Å². The lowest BCUT2D eigenvalue weighted by atomic mass is 10.0. The van der Waals surface area contributed by atoms with Crippen LogP contribution in [0.5, 0.6) is 11.6 Å². The second-order valence-corrected chi connectivity index (χ2v) is 5.26. The summed E-state index contributed by atoms with van der Waals surface area (Å²) in [5.41, 5.74) is 8.04. The van der Waals surface area contributed by atoms with Crippen LogP contribution in [0.3, 0.4) is 0 Å². The Kier molecular flexibility index (Phi) is 4.75. The van der Waals surface area contributed by atoms with Gasteiger partial charge in [0.1, 0.15) is 18.2 Å². The summed E-state index contributed by atoms with van der Waals surface area (Å²) in [6.45, 7) is 6.59. The number of hydrogen-bond donors (Lipinski definition) is 1. The van der Waals surface area contributed by atoms with Crippen LogP contribution in [0.15, 0.2) is 24.3 Å². The molecule has 5 heteroatoms. The Labute approximate surface area is 125 Å². The zero-order valence-corrected chi connectivity index (χ0v) is 12.9. The highest BCUT2D eigenvalue weighted by Crippen LogP contribution is 2.28. The van der Waals surface area contributed by atoms with E-state index in [0.717, 1.165) is 11.3 Å². The summed E-state index contributed by atoms with van der Waals surface area (Å²) in [5, 5.41) is 0. The average Bonchev–Trinajstić information content (AvgIpc) is 2.40. The van der Waals surface area contributed by atoms with Crippen LogP contribution in [-0.4, -0.2) is 17.1 Å². The number of nitrogens with zero attached hydrogens (tertiary/aromatic N) is 2. The fourth-order valence-corrected chi connectivity index (χ4v) is 1.94. The molecule has 2 rings (SSSR count). The van der Waals surface area contributed by atoms with Crippen molar-refractivity contribution in [2.45, 2.75) is 33.3 Å². The average molecular weight is 287 g/mol. The molecule has 0 fully saturated rings. The van der Waals surface area contributed by atoms with Crippen molar-refractivity contribution in [2.75, 3.05) is 12.8 Å². The Hall–Kier alpha value is -2.14. The molecular formula is C16H21N3O2. The summed E-state index contributed by atoms with van der Waals surface area (Å²) in [7, 11) is 1.59. The normalized spacial score (nSPS) is 10.9. The maximum atomic E-state index is 5.88. The number of methoxy groups -OCH3 is 1. The number of rotatable bonds is 5. The summed E-state index contributed by atoms with van der Waals surface area (Å²) in [6, 6.07) is 7.80. The van der Waals surface area contributed by atoms with Gasteiger partial charge in [-0.3, -0.25) is 0 Å². The molecule has 1 heterocycles. The van der Waals surface area contributed by atoms with Crippen LogP contribution >= 0.6 is 0 Å². The highest BCUT2D eigenvalue weighted by molar-refractivity contribution is 5.41. The van der Waals surface area contributed by atoms with Gasteiger partial charge in [-0.15, -0.1) is 0 Å². The predicted molar refractivity (Wildman–Crippen MR) is 82.5 cm³/mol. The van der Waals surface area contributed by atoms with E-state index in [4.69, 9.17) is 15.2 Å². The largest absolute Gasteiger partial charge is 0.439 e. The molecule has 0 unspecified atom stereocenters. The minimum absolute atomic E-state index is 0.298. The van der Waals surface area contributed by atoms with Gasteiger partial charge < -0.3 is 15.2 Å². The SMILES string of the molecule is COCc1nc(N)cc(Oc2cc(C(C)C)ccc2C)n1. The van der Waals surface area contributed by atoms with Crippen molar-refractivity contribution in [3.63, 3.8) is 0 Å². The van der Waals surface area contributed by atoms with Gasteiger partial charge in [0.25, 0.3) is 0 Å². The fourth-order valence-electron chi connectivity index (χ4n) is 1.94. The lowest BCUT2D eigenvalue weighted by molar-refractivity contribution is 0.177. The first-order valence-corrected chi connectivity index (χ1v) is 6.90. The minimum Gasteiger partial charge on any atom is -0.439 e. The summed E-state index contributed by atoms with van der Waals surface area (Å²) < 4.78 is 10.9. The summed E-state index contributed by atoms with van der Waals surface area (Å²) in [5.74, 6) is 2.52. The number of aromatic nitrogens is 2. The molecule has 1 aromatic heterocycles. The van der Waals surface area contributed by atoms with Crippen LogP contribution in [0.2, 0.25) is 0 Å². The second-order valence-electron chi connectivity index (χ2n) is 5.26. The summed E-state index contributed by atoms with van der Waals surface area (Å²) in [6.07, 6.45) is 0. The van der Waals surface area contributed by atoms with Crippen molar-refractivity contribution < 1.29 is 9.47 Å². The molecule has 0 aliphatic carbocycles. The first kappa shape index (κ1) is 15.3. The van der Waals surface area contributed by atoms with Crippen molar-refractivity contribution in [3.05, 3.63) is 41.2 Å². The minimum atomic E-state index is 0.298. The van der Waals surface area contributed by atoms with Crippen molar-refractivity contribution in [2.24, 2.45) is 0 Å². The van der Waals surface area contributed by atoms with Gasteiger partial charge in [0.05, 0.1) is 0 Å². The highest BCUT2D eigenvalue weighted by Gasteiger charge is 2.09. The van der Waals surface area contributed by atoms with Gasteiger partial charge in [-0.1, -0.05) is 26.0 Å². The number of hydrogen-bond acceptors (Lipinski definition) is 5. The topological polar surface area (TPSA) is 70.3 Å². The van der Waals surface area contributed by atoms with Crippen molar-refractivity contribution in [3.8, 4) is 11.6 Å². The molecule has 21 heavy (non-hydrogen) atoms. The molecule has 5 nitrogen and oxygen atoms in total. The van der Waals surface area contributed by atoms with Gasteiger partial charge in [0, 0.05) is 13.2 Å². The molecule has 0 spiro atoms. The lowest BCUT2D eigenvalue weighted by Crippen LogP contribution is -2.03. The molecule has 0 radical (unpaired) electrons. The van der Waals surface area contributed by atoms with E-state index in [2.05, 4.69) is 29.9 Å². The molecule has 2 aromatic rings. The number of ether oxygens (including phenoxy) is 2. The van der Waals surface area contributed by atoms with Crippen LogP contribution < -0.4 is 10.5 Å². The molecule has 0 saturated carbocycles. The van der Waals surface area contributed by atoms with E-state index in [1.165, 1.54) is 5.56 Å². The third-order valence-corrected chi connectivity index (χ3v) is 3.14. The van der Waals surface area contributed by atoms with Gasteiger partial charge >= 0.3 is 0 Å². The smallest absolute Gasteiger partial charge is 0.224 e. The Morgan fingerprint density at radius 1 is 1.19 bits per heavy atom. The van der Waals surface area contributed by atoms with Crippen LogP contribution in [0.25, 0.3) is 0 Å². The van der Waals surface area contributed by atoms with Gasteiger partial charge in [-0.2, -0.15) is 4.98 Å². The van der Waals surface area contributed by atoms with Gasteiger partial charge in [-0.05, 0) is 30.0 Å². The highest BCUT2D eigenvalue weighted by atomic mass is 16.5. The molecule has 112 valence electrons. The van der Waals surface area contributed by atoms with Crippen LogP contribution in [0.1, 0.15) is 36.7 Å². The fraction of sp³-hybridized carbons (Fsp3) is 0.375. The third-order valence-electron chi connectivity index (χ3n) is 3.14. The monoisotopic (exact) mass is 287 g/mol. The molecule has 0 saturated heterocycles. The van der Waals surface area contributed by atoms with Gasteiger partial charge in [0.15, 0.2) is 5.82 Å². The first-order valence-electron chi connectivity index (χ1n) is 6.90. The Morgan fingerprint density at radius 2 is 1.95 bits per heavy atom. The molecule has 0 amide bonds. The van der Waals surface area contributed by atoms with E-state index >= 15 is 0 Å². The Morgan fingerprint density at radius 3 is 2.62 bits per heavy atom. The number of nitrogens with two attached hydrogens (primary N) is 1. The van der Waals surface area contributed by atoms with Crippen LogP contribution in [0.4, 0.5) is 5.82 Å². The molecule has 0 aliphatic rings. The van der Waals surface area contributed by atoms with Gasteiger partial charge in [0.2, 0.25) is 5.88 Å². The molecule has 0 bridgehead atoms. The number of anilines is 1. The maximum Gasteiger partial charge on any atom is 0.224 e.